The number of carbonyl (C=O) groups is 1. The fourth-order valence-corrected chi connectivity index (χ4v) is 3.31. The second-order valence-corrected chi connectivity index (χ2v) is 6.73. The van der Waals surface area contributed by atoms with Crippen molar-refractivity contribution in [2.24, 2.45) is 11.0 Å². The van der Waals surface area contributed by atoms with Crippen LogP contribution >= 0.6 is 0 Å². The van der Waals surface area contributed by atoms with Crippen LogP contribution in [0.5, 0.6) is 0 Å². The summed E-state index contributed by atoms with van der Waals surface area (Å²) in [5.74, 6) is -0.227. The number of alkyl halides is 3. The molecule has 4 rings (SSSR count). The van der Waals surface area contributed by atoms with Crippen molar-refractivity contribution in [1.82, 2.24) is 10.4 Å². The molecule has 1 amide bonds. The van der Waals surface area contributed by atoms with Gasteiger partial charge in [-0.3, -0.25) is 9.78 Å². The minimum atomic E-state index is -4.53. The summed E-state index contributed by atoms with van der Waals surface area (Å²) in [6.45, 7) is 0. The Morgan fingerprint density at radius 1 is 1.14 bits per heavy atom. The van der Waals surface area contributed by atoms with Crippen molar-refractivity contribution in [2.75, 3.05) is 0 Å². The maximum Gasteiger partial charge on any atom is 0.418 e. The standard InChI is InChI=1S/C21H16F3N3O/c22-21(23,24)18-10-13(9-15-7-4-8-25-19(15)18)12-26-27-20(28)17-11-16(17)14-5-2-1-3-6-14/h1-10,12,16-17H,11H2,(H,27,28). The first-order valence-electron chi connectivity index (χ1n) is 8.77. The van der Waals surface area contributed by atoms with Crippen LogP contribution in [0.3, 0.4) is 0 Å². The SMILES string of the molecule is O=C(NN=Cc1cc(C(F)(F)F)c2ncccc2c1)C1CC1c1ccccc1. The van der Waals surface area contributed by atoms with Crippen LogP contribution in [0.4, 0.5) is 13.2 Å². The number of halogens is 3. The van der Waals surface area contributed by atoms with Crippen LogP contribution in [0.1, 0.15) is 29.0 Å². The number of amides is 1. The van der Waals surface area contributed by atoms with Crippen molar-refractivity contribution in [1.29, 1.82) is 0 Å². The van der Waals surface area contributed by atoms with Gasteiger partial charge in [0, 0.05) is 17.5 Å². The van der Waals surface area contributed by atoms with Gasteiger partial charge in [-0.2, -0.15) is 18.3 Å². The van der Waals surface area contributed by atoms with Crippen molar-refractivity contribution < 1.29 is 18.0 Å². The lowest BCUT2D eigenvalue weighted by Crippen LogP contribution is -2.20. The Morgan fingerprint density at radius 3 is 2.68 bits per heavy atom. The van der Waals surface area contributed by atoms with Gasteiger partial charge < -0.3 is 0 Å². The Hall–Kier alpha value is -3.22. The molecule has 2 unspecified atom stereocenters. The fraction of sp³-hybridized carbons (Fsp3) is 0.190. The zero-order valence-electron chi connectivity index (χ0n) is 14.6. The van der Waals surface area contributed by atoms with Gasteiger partial charge in [0.05, 0.1) is 17.3 Å². The molecule has 1 aromatic heterocycles. The molecule has 1 saturated carbocycles. The number of hydrogen-bond donors (Lipinski definition) is 1. The van der Waals surface area contributed by atoms with Gasteiger partial charge in [0.15, 0.2) is 0 Å². The van der Waals surface area contributed by atoms with Crippen molar-refractivity contribution in [3.8, 4) is 0 Å². The average Bonchev–Trinajstić information content (AvgIpc) is 3.48. The summed E-state index contributed by atoms with van der Waals surface area (Å²) in [7, 11) is 0. The maximum atomic E-state index is 13.3. The molecule has 142 valence electrons. The molecule has 1 aliphatic rings. The summed E-state index contributed by atoms with van der Waals surface area (Å²) in [5, 5.41) is 4.21. The predicted molar refractivity (Wildman–Crippen MR) is 99.8 cm³/mol. The van der Waals surface area contributed by atoms with Crippen molar-refractivity contribution >= 4 is 23.0 Å². The lowest BCUT2D eigenvalue weighted by Gasteiger charge is -2.10. The molecule has 1 aliphatic carbocycles. The molecule has 7 heteroatoms. The largest absolute Gasteiger partial charge is 0.418 e. The molecule has 2 aromatic carbocycles. The number of hydrogen-bond acceptors (Lipinski definition) is 3. The molecule has 2 atom stereocenters. The lowest BCUT2D eigenvalue weighted by molar-refractivity contribution is -0.136. The summed E-state index contributed by atoms with van der Waals surface area (Å²) in [5.41, 5.74) is 2.83. The monoisotopic (exact) mass is 383 g/mol. The zero-order chi connectivity index (χ0) is 19.7. The van der Waals surface area contributed by atoms with Crippen molar-refractivity contribution in [2.45, 2.75) is 18.5 Å². The van der Waals surface area contributed by atoms with E-state index in [-0.39, 0.29) is 28.8 Å². The first-order chi connectivity index (χ1) is 13.4. The Kier molecular flexibility index (Phi) is 4.58. The van der Waals surface area contributed by atoms with Crippen molar-refractivity contribution in [3.05, 3.63) is 77.5 Å². The van der Waals surface area contributed by atoms with E-state index in [0.29, 0.717) is 5.39 Å². The van der Waals surface area contributed by atoms with E-state index >= 15 is 0 Å². The van der Waals surface area contributed by atoms with Gasteiger partial charge in [-0.05, 0) is 41.7 Å². The number of nitrogens with zero attached hydrogens (tertiary/aromatic N) is 2. The summed E-state index contributed by atoms with van der Waals surface area (Å²) in [4.78, 5) is 16.0. The van der Waals surface area contributed by atoms with Crippen molar-refractivity contribution in [3.63, 3.8) is 0 Å². The molecule has 0 saturated heterocycles. The Labute approximate surface area is 159 Å². The molecule has 0 spiro atoms. The molecule has 28 heavy (non-hydrogen) atoms. The Morgan fingerprint density at radius 2 is 1.93 bits per heavy atom. The zero-order valence-corrected chi connectivity index (χ0v) is 14.6. The van der Waals surface area contributed by atoms with Gasteiger partial charge in [0.2, 0.25) is 5.91 Å². The Balaban J connectivity index is 1.48. The van der Waals surface area contributed by atoms with Crippen LogP contribution in [0.2, 0.25) is 0 Å². The fourth-order valence-electron chi connectivity index (χ4n) is 3.31. The van der Waals surface area contributed by atoms with E-state index in [2.05, 4.69) is 15.5 Å². The minimum absolute atomic E-state index is 0.111. The van der Waals surface area contributed by atoms with E-state index in [1.165, 1.54) is 12.4 Å². The number of hydrazone groups is 1. The van der Waals surface area contributed by atoms with Crippen LogP contribution in [-0.4, -0.2) is 17.1 Å². The normalized spacial score (nSPS) is 19.1. The van der Waals surface area contributed by atoms with E-state index in [4.69, 9.17) is 0 Å². The van der Waals surface area contributed by atoms with E-state index in [0.717, 1.165) is 18.1 Å². The summed E-state index contributed by atoms with van der Waals surface area (Å²) < 4.78 is 39.9. The number of nitrogens with one attached hydrogen (secondary N) is 1. The summed E-state index contributed by atoms with van der Waals surface area (Å²) in [6.07, 6.45) is -1.24. The second kappa shape index (κ2) is 7.07. The number of benzene rings is 2. The van der Waals surface area contributed by atoms with Gasteiger partial charge in [-0.15, -0.1) is 0 Å². The van der Waals surface area contributed by atoms with E-state index < -0.39 is 11.7 Å². The van der Waals surface area contributed by atoms with E-state index in [1.807, 2.05) is 30.3 Å². The van der Waals surface area contributed by atoms with Gasteiger partial charge in [-0.1, -0.05) is 36.4 Å². The summed E-state index contributed by atoms with van der Waals surface area (Å²) >= 11 is 0. The third-order valence-electron chi connectivity index (χ3n) is 4.78. The molecule has 4 nitrogen and oxygen atoms in total. The minimum Gasteiger partial charge on any atom is -0.273 e. The predicted octanol–water partition coefficient (Wildman–Crippen LogP) is 4.51. The van der Waals surface area contributed by atoms with E-state index in [9.17, 15) is 18.0 Å². The van der Waals surface area contributed by atoms with Gasteiger partial charge in [-0.25, -0.2) is 5.43 Å². The highest BCUT2D eigenvalue weighted by molar-refractivity contribution is 5.91. The molecule has 1 heterocycles. The summed E-state index contributed by atoms with van der Waals surface area (Å²) in [6, 6.07) is 15.4. The van der Waals surface area contributed by atoms with E-state index in [1.54, 1.807) is 18.2 Å². The third-order valence-corrected chi connectivity index (χ3v) is 4.78. The third kappa shape index (κ3) is 3.74. The van der Waals surface area contributed by atoms with Gasteiger partial charge >= 0.3 is 6.18 Å². The molecular formula is C21H16F3N3O. The second-order valence-electron chi connectivity index (χ2n) is 6.73. The molecular weight excluding hydrogens is 367 g/mol. The lowest BCUT2D eigenvalue weighted by atomic mass is 10.1. The topological polar surface area (TPSA) is 54.4 Å². The Bertz CT molecular complexity index is 1050. The number of pyridine rings is 1. The highest BCUT2D eigenvalue weighted by Crippen LogP contribution is 2.47. The first kappa shape index (κ1) is 18.2. The van der Waals surface area contributed by atoms with Crippen LogP contribution in [0.15, 0.2) is 65.9 Å². The molecule has 0 radical (unpaired) electrons. The van der Waals surface area contributed by atoms with Crippen LogP contribution < -0.4 is 5.43 Å². The number of carbonyl (C=O) groups excluding carboxylic acids is 1. The molecule has 1 fully saturated rings. The quantitative estimate of drug-likeness (QED) is 0.532. The highest BCUT2D eigenvalue weighted by Gasteiger charge is 2.43. The molecule has 0 aliphatic heterocycles. The van der Waals surface area contributed by atoms with Gasteiger partial charge in [0.1, 0.15) is 0 Å². The maximum absolute atomic E-state index is 13.3. The molecule has 3 aromatic rings. The van der Waals surface area contributed by atoms with Crippen LogP contribution in [0.25, 0.3) is 10.9 Å². The smallest absolute Gasteiger partial charge is 0.273 e. The average molecular weight is 383 g/mol. The number of fused-ring (bicyclic) bond motifs is 1. The molecule has 1 N–H and O–H groups in total. The van der Waals surface area contributed by atoms with Crippen LogP contribution in [0, 0.1) is 5.92 Å². The number of aromatic nitrogens is 1. The van der Waals surface area contributed by atoms with Crippen LogP contribution in [-0.2, 0) is 11.0 Å². The highest BCUT2D eigenvalue weighted by atomic mass is 19.4. The van der Waals surface area contributed by atoms with Gasteiger partial charge in [0.25, 0.3) is 0 Å². The molecule has 0 bridgehead atoms. The first-order valence-corrected chi connectivity index (χ1v) is 8.77. The number of rotatable bonds is 4.